The van der Waals surface area contributed by atoms with Crippen LogP contribution in [0.5, 0.6) is 0 Å². The zero-order valence-electron chi connectivity index (χ0n) is 22.9. The predicted molar refractivity (Wildman–Crippen MR) is 136 cm³/mol. The van der Waals surface area contributed by atoms with Crippen molar-refractivity contribution in [2.75, 3.05) is 26.3 Å². The van der Waals surface area contributed by atoms with Crippen molar-refractivity contribution in [3.05, 3.63) is 0 Å². The van der Waals surface area contributed by atoms with Crippen LogP contribution in [0.2, 0.25) is 0 Å². The first-order valence-electron chi connectivity index (χ1n) is 13.5. The monoisotopic (exact) mass is 464 g/mol. The van der Waals surface area contributed by atoms with E-state index in [1.54, 1.807) is 0 Å². The first-order chi connectivity index (χ1) is 15.3. The molecule has 33 heavy (non-hydrogen) atoms. The molecule has 0 heterocycles. The van der Waals surface area contributed by atoms with Gasteiger partial charge >= 0.3 is 0 Å². The van der Waals surface area contributed by atoms with Gasteiger partial charge in [0.2, 0.25) is 11.8 Å². The number of carbonyl (C=O) groups is 2. The number of carbonyl (C=O) groups excluding carboxylic acids is 2. The Labute approximate surface area is 204 Å². The molecule has 0 saturated heterocycles. The van der Waals surface area contributed by atoms with Crippen LogP contribution < -0.4 is 0 Å². The molecule has 0 aromatic carbocycles. The summed E-state index contributed by atoms with van der Waals surface area (Å²) in [5.74, 6) is 0.604. The third-order valence-electron chi connectivity index (χ3n) is 7.27. The number of ether oxygens (including phenoxy) is 1. The maximum absolute atomic E-state index is 13.0. The molecule has 0 N–H and O–H groups in total. The first-order valence-corrected chi connectivity index (χ1v) is 13.5. The molecule has 5 heteroatoms. The summed E-state index contributed by atoms with van der Waals surface area (Å²) in [5, 5.41) is 0. The highest BCUT2D eigenvalue weighted by Crippen LogP contribution is 2.31. The number of rotatable bonds is 12. The van der Waals surface area contributed by atoms with Crippen LogP contribution in [0.3, 0.4) is 0 Å². The molecule has 2 aliphatic carbocycles. The first kappa shape index (κ1) is 28.1. The summed E-state index contributed by atoms with van der Waals surface area (Å²) in [6, 6.07) is 0.773. The third-order valence-corrected chi connectivity index (χ3v) is 7.27. The number of hydrogen-bond donors (Lipinski definition) is 0. The molecule has 2 amide bonds. The van der Waals surface area contributed by atoms with Gasteiger partial charge in [0.1, 0.15) is 0 Å². The van der Waals surface area contributed by atoms with Crippen molar-refractivity contribution in [1.29, 1.82) is 0 Å². The fourth-order valence-electron chi connectivity index (χ4n) is 5.49. The van der Waals surface area contributed by atoms with Crippen LogP contribution in [-0.2, 0) is 14.3 Å². The van der Waals surface area contributed by atoms with E-state index in [1.807, 2.05) is 27.7 Å². The van der Waals surface area contributed by atoms with E-state index in [4.69, 9.17) is 4.74 Å². The van der Waals surface area contributed by atoms with E-state index in [1.165, 1.54) is 25.7 Å². The zero-order chi connectivity index (χ0) is 24.8. The highest BCUT2D eigenvalue weighted by atomic mass is 16.5. The van der Waals surface area contributed by atoms with Gasteiger partial charge in [-0.15, -0.1) is 0 Å². The molecule has 2 fully saturated rings. The summed E-state index contributed by atoms with van der Waals surface area (Å²) in [6.45, 7) is 19.6. The van der Waals surface area contributed by atoms with Gasteiger partial charge in [-0.05, 0) is 25.7 Å². The van der Waals surface area contributed by atoms with Crippen LogP contribution in [0.15, 0.2) is 0 Å². The van der Waals surface area contributed by atoms with E-state index in [9.17, 15) is 9.59 Å². The molecule has 0 aromatic rings. The Kier molecular flexibility index (Phi) is 10.3. The lowest BCUT2D eigenvalue weighted by Gasteiger charge is -2.39. The lowest BCUT2D eigenvalue weighted by Crippen LogP contribution is -2.48. The molecule has 0 unspecified atom stereocenters. The normalized spacial score (nSPS) is 18.5. The molecule has 0 atom stereocenters. The summed E-state index contributed by atoms with van der Waals surface area (Å²) >= 11 is 0. The van der Waals surface area contributed by atoms with Crippen molar-refractivity contribution in [3.8, 4) is 0 Å². The molecule has 2 rings (SSSR count). The van der Waals surface area contributed by atoms with Gasteiger partial charge in [-0.25, -0.2) is 0 Å². The second kappa shape index (κ2) is 12.0. The Morgan fingerprint density at radius 3 is 1.27 bits per heavy atom. The maximum Gasteiger partial charge on any atom is 0.225 e. The topological polar surface area (TPSA) is 49.9 Å². The van der Waals surface area contributed by atoms with Crippen LogP contribution in [0.1, 0.15) is 107 Å². The molecule has 0 aromatic heterocycles. The van der Waals surface area contributed by atoms with E-state index in [-0.39, 0.29) is 34.5 Å². The summed E-state index contributed by atoms with van der Waals surface area (Å²) in [7, 11) is 0. The molecule has 2 aliphatic rings. The fourth-order valence-corrected chi connectivity index (χ4v) is 5.49. The van der Waals surface area contributed by atoms with Crippen LogP contribution in [0, 0.1) is 22.7 Å². The average molecular weight is 465 g/mol. The smallest absolute Gasteiger partial charge is 0.225 e. The molecule has 0 spiro atoms. The third kappa shape index (κ3) is 8.56. The molecular formula is C28H52N2O3. The quantitative estimate of drug-likeness (QED) is 0.361. The molecule has 5 nitrogen and oxygen atoms in total. The molecule has 2 saturated carbocycles. The van der Waals surface area contributed by atoms with Crippen LogP contribution in [0.25, 0.3) is 0 Å². The lowest BCUT2D eigenvalue weighted by atomic mass is 9.90. The Hall–Kier alpha value is -1.10. The number of nitrogens with zero attached hydrogens (tertiary/aromatic N) is 2. The molecule has 0 bridgehead atoms. The SMILES string of the molecule is CC(C)C(=O)N(CC(C)(C)COCC(C)(C)CN(C(=O)C(C)C)C1CCCC1)C1CCCC1. The lowest BCUT2D eigenvalue weighted by molar-refractivity contribution is -0.139. The number of amides is 2. The highest BCUT2D eigenvalue weighted by molar-refractivity contribution is 5.79. The Bertz CT molecular complexity index is 575. The second-order valence-electron chi connectivity index (χ2n) is 12.9. The summed E-state index contributed by atoms with van der Waals surface area (Å²) in [5.41, 5.74) is -0.218. The van der Waals surface area contributed by atoms with Gasteiger partial charge in [-0.3, -0.25) is 9.59 Å². The fraction of sp³-hybridized carbons (Fsp3) is 0.929. The second-order valence-corrected chi connectivity index (χ2v) is 12.9. The zero-order valence-corrected chi connectivity index (χ0v) is 22.9. The predicted octanol–water partition coefficient (Wildman–Crippen LogP) is 5.91. The van der Waals surface area contributed by atoms with Crippen LogP contribution >= 0.6 is 0 Å². The standard InChI is InChI=1S/C28H52N2O3/c1-21(2)25(31)29(23-13-9-10-14-23)17-27(5,6)19-33-20-28(7,8)18-30(26(32)22(3)4)24-15-11-12-16-24/h21-24H,9-20H2,1-8H3. The summed E-state index contributed by atoms with van der Waals surface area (Å²) < 4.78 is 6.29. The maximum atomic E-state index is 13.0. The van der Waals surface area contributed by atoms with E-state index >= 15 is 0 Å². The van der Waals surface area contributed by atoms with Crippen LogP contribution in [-0.4, -0.2) is 60.0 Å². The average Bonchev–Trinajstić information content (AvgIpc) is 3.43. The number of hydrogen-bond acceptors (Lipinski definition) is 3. The van der Waals surface area contributed by atoms with Crippen molar-refractivity contribution < 1.29 is 14.3 Å². The van der Waals surface area contributed by atoms with E-state index < -0.39 is 0 Å². The summed E-state index contributed by atoms with van der Waals surface area (Å²) in [4.78, 5) is 30.2. The highest BCUT2D eigenvalue weighted by Gasteiger charge is 2.35. The van der Waals surface area contributed by atoms with Gasteiger partial charge < -0.3 is 14.5 Å². The molecule has 192 valence electrons. The van der Waals surface area contributed by atoms with Crippen molar-refractivity contribution in [3.63, 3.8) is 0 Å². The Morgan fingerprint density at radius 2 is 1.00 bits per heavy atom. The van der Waals surface area contributed by atoms with Gasteiger partial charge in [-0.2, -0.15) is 0 Å². The van der Waals surface area contributed by atoms with Crippen LogP contribution in [0.4, 0.5) is 0 Å². The van der Waals surface area contributed by atoms with E-state index in [0.29, 0.717) is 25.3 Å². The molecule has 0 aliphatic heterocycles. The largest absolute Gasteiger partial charge is 0.380 e. The van der Waals surface area contributed by atoms with Gasteiger partial charge in [0.05, 0.1) is 13.2 Å². The van der Waals surface area contributed by atoms with Gasteiger partial charge in [0.15, 0.2) is 0 Å². The Balaban J connectivity index is 1.94. The van der Waals surface area contributed by atoms with Crippen molar-refractivity contribution in [1.82, 2.24) is 9.80 Å². The summed E-state index contributed by atoms with van der Waals surface area (Å²) in [6.07, 6.45) is 9.42. The van der Waals surface area contributed by atoms with Gasteiger partial charge in [0.25, 0.3) is 0 Å². The van der Waals surface area contributed by atoms with Crippen molar-refractivity contribution in [2.45, 2.75) is 119 Å². The van der Waals surface area contributed by atoms with E-state index in [2.05, 4.69) is 37.5 Å². The molecular weight excluding hydrogens is 412 g/mol. The van der Waals surface area contributed by atoms with Gasteiger partial charge in [-0.1, -0.05) is 81.1 Å². The van der Waals surface area contributed by atoms with Crippen molar-refractivity contribution >= 4 is 11.8 Å². The van der Waals surface area contributed by atoms with Gasteiger partial charge in [0, 0.05) is 47.8 Å². The molecule has 0 radical (unpaired) electrons. The minimum atomic E-state index is -0.109. The Morgan fingerprint density at radius 1 is 0.697 bits per heavy atom. The van der Waals surface area contributed by atoms with Crippen molar-refractivity contribution in [2.24, 2.45) is 22.7 Å². The van der Waals surface area contributed by atoms with E-state index in [0.717, 1.165) is 38.8 Å². The minimum Gasteiger partial charge on any atom is -0.380 e. The minimum absolute atomic E-state index is 0.0290.